The molecule has 0 saturated carbocycles. The van der Waals surface area contributed by atoms with Gasteiger partial charge in [-0.15, -0.1) is 0 Å². The Labute approximate surface area is 145 Å². The summed E-state index contributed by atoms with van der Waals surface area (Å²) in [6, 6.07) is 13.7. The number of aromatic nitrogens is 2. The summed E-state index contributed by atoms with van der Waals surface area (Å²) in [6.45, 7) is 8.87. The molecular formula is C20H28N4. The van der Waals surface area contributed by atoms with Crippen molar-refractivity contribution in [2.75, 3.05) is 14.1 Å². The van der Waals surface area contributed by atoms with Gasteiger partial charge in [-0.05, 0) is 66.1 Å². The Kier molecular flexibility index (Phi) is 4.70. The van der Waals surface area contributed by atoms with Crippen LogP contribution in [0.3, 0.4) is 0 Å². The van der Waals surface area contributed by atoms with E-state index in [0.29, 0.717) is 0 Å². The van der Waals surface area contributed by atoms with Crippen LogP contribution in [0.5, 0.6) is 0 Å². The summed E-state index contributed by atoms with van der Waals surface area (Å²) in [5.41, 5.74) is 4.47. The van der Waals surface area contributed by atoms with Crippen LogP contribution in [-0.4, -0.2) is 33.9 Å². The predicted molar refractivity (Wildman–Crippen MR) is 97.7 cm³/mol. The van der Waals surface area contributed by atoms with Crippen molar-refractivity contribution in [3.8, 4) is 0 Å². The molecular weight excluding hydrogens is 296 g/mol. The maximum Gasteiger partial charge on any atom is 0.0576 e. The van der Waals surface area contributed by atoms with Crippen LogP contribution < -0.4 is 0 Å². The fourth-order valence-electron chi connectivity index (χ4n) is 3.37. The first-order valence-electron chi connectivity index (χ1n) is 8.77. The number of fused-ring (bicyclic) bond motifs is 4. The minimum Gasteiger partial charge on any atom is -0.290 e. The van der Waals surface area contributed by atoms with E-state index < -0.39 is 0 Å². The van der Waals surface area contributed by atoms with Gasteiger partial charge in [0.15, 0.2) is 0 Å². The zero-order valence-electron chi connectivity index (χ0n) is 15.6. The molecule has 4 bridgehead atoms. The van der Waals surface area contributed by atoms with E-state index in [-0.39, 0.29) is 24.2 Å². The van der Waals surface area contributed by atoms with Gasteiger partial charge in [-0.2, -0.15) is 0 Å². The topological polar surface area (TPSA) is 32.3 Å². The van der Waals surface area contributed by atoms with E-state index in [4.69, 9.17) is 9.97 Å². The highest BCUT2D eigenvalue weighted by atomic mass is 15.2. The number of hydrogen-bond acceptors (Lipinski definition) is 4. The molecule has 128 valence electrons. The van der Waals surface area contributed by atoms with E-state index in [1.54, 1.807) is 0 Å². The van der Waals surface area contributed by atoms with Gasteiger partial charge >= 0.3 is 0 Å². The summed E-state index contributed by atoms with van der Waals surface area (Å²) in [4.78, 5) is 14.6. The normalized spacial score (nSPS) is 28.9. The number of pyridine rings is 2. The van der Waals surface area contributed by atoms with Gasteiger partial charge in [0.25, 0.3) is 0 Å². The Morgan fingerprint density at radius 3 is 1.08 bits per heavy atom. The van der Waals surface area contributed by atoms with Crippen molar-refractivity contribution in [3.05, 3.63) is 59.2 Å². The first-order valence-corrected chi connectivity index (χ1v) is 8.77. The lowest BCUT2D eigenvalue weighted by Crippen LogP contribution is -2.31. The average Bonchev–Trinajstić information content (AvgIpc) is 2.63. The second kappa shape index (κ2) is 6.61. The van der Waals surface area contributed by atoms with E-state index in [1.807, 2.05) is 0 Å². The molecule has 0 saturated heterocycles. The van der Waals surface area contributed by atoms with Crippen LogP contribution in [-0.2, 0) is 0 Å². The minimum absolute atomic E-state index is 0.236. The Morgan fingerprint density at radius 1 is 0.583 bits per heavy atom. The van der Waals surface area contributed by atoms with E-state index in [9.17, 15) is 0 Å². The van der Waals surface area contributed by atoms with Gasteiger partial charge < -0.3 is 0 Å². The molecule has 0 N–H and O–H groups in total. The first kappa shape index (κ1) is 17.1. The van der Waals surface area contributed by atoms with Crippen LogP contribution in [0.2, 0.25) is 0 Å². The Morgan fingerprint density at radius 2 is 0.833 bits per heavy atom. The van der Waals surface area contributed by atoms with Crippen molar-refractivity contribution in [1.29, 1.82) is 0 Å². The highest BCUT2D eigenvalue weighted by Gasteiger charge is 2.26. The van der Waals surface area contributed by atoms with Crippen LogP contribution in [0, 0.1) is 0 Å². The molecule has 2 aromatic heterocycles. The van der Waals surface area contributed by atoms with Crippen molar-refractivity contribution in [1.82, 2.24) is 19.8 Å². The molecule has 0 aliphatic carbocycles. The highest BCUT2D eigenvalue weighted by molar-refractivity contribution is 5.21. The van der Waals surface area contributed by atoms with Gasteiger partial charge in [0, 0.05) is 24.2 Å². The van der Waals surface area contributed by atoms with Crippen molar-refractivity contribution >= 4 is 0 Å². The van der Waals surface area contributed by atoms with Crippen LogP contribution in [0.25, 0.3) is 0 Å². The molecule has 0 amide bonds. The second-order valence-electron chi connectivity index (χ2n) is 7.01. The fraction of sp³-hybridized carbons (Fsp3) is 0.500. The van der Waals surface area contributed by atoms with Crippen LogP contribution in [0.1, 0.15) is 74.6 Å². The molecule has 3 rings (SSSR count). The molecule has 3 heterocycles. The van der Waals surface area contributed by atoms with Crippen LogP contribution in [0.15, 0.2) is 36.4 Å². The maximum absolute atomic E-state index is 4.97. The van der Waals surface area contributed by atoms with E-state index >= 15 is 0 Å². The molecule has 4 unspecified atom stereocenters. The van der Waals surface area contributed by atoms with E-state index in [0.717, 1.165) is 22.8 Å². The Balaban J connectivity index is 2.14. The predicted octanol–water partition coefficient (Wildman–Crippen LogP) is 4.30. The maximum atomic E-state index is 4.97. The third kappa shape index (κ3) is 2.96. The van der Waals surface area contributed by atoms with Crippen molar-refractivity contribution in [2.45, 2.75) is 51.9 Å². The largest absolute Gasteiger partial charge is 0.290 e. The molecule has 1 aliphatic rings. The summed E-state index contributed by atoms with van der Waals surface area (Å²) >= 11 is 0. The summed E-state index contributed by atoms with van der Waals surface area (Å²) < 4.78 is 0. The average molecular weight is 324 g/mol. The minimum atomic E-state index is 0.236. The standard InChI is InChI=1S/C20H28N4/c1-13-17-9-7-10-19(21-17)15(3)24(6)16(4)20-12-8-11-18(22-20)14(2)23(13)5/h7-16H,1-6H3. The molecule has 0 radical (unpaired) electrons. The molecule has 24 heavy (non-hydrogen) atoms. The third-order valence-electron chi connectivity index (χ3n) is 5.74. The van der Waals surface area contributed by atoms with Gasteiger partial charge in [0.1, 0.15) is 0 Å². The Bertz CT molecular complexity index is 602. The lowest BCUT2D eigenvalue weighted by Gasteiger charge is -2.34. The molecule has 0 aromatic carbocycles. The van der Waals surface area contributed by atoms with Gasteiger partial charge in [-0.25, -0.2) is 0 Å². The summed E-state index contributed by atoms with van der Waals surface area (Å²) in [7, 11) is 4.31. The van der Waals surface area contributed by atoms with Gasteiger partial charge in [0.05, 0.1) is 22.8 Å². The van der Waals surface area contributed by atoms with Crippen molar-refractivity contribution in [3.63, 3.8) is 0 Å². The monoisotopic (exact) mass is 324 g/mol. The van der Waals surface area contributed by atoms with Crippen molar-refractivity contribution in [2.24, 2.45) is 0 Å². The zero-order valence-corrected chi connectivity index (χ0v) is 15.6. The number of nitrogens with zero attached hydrogens (tertiary/aromatic N) is 4. The van der Waals surface area contributed by atoms with Gasteiger partial charge in [-0.3, -0.25) is 19.8 Å². The first-order chi connectivity index (χ1) is 11.4. The summed E-state index contributed by atoms with van der Waals surface area (Å²) in [5.74, 6) is 0. The lowest BCUT2D eigenvalue weighted by molar-refractivity contribution is 0.176. The molecule has 4 nitrogen and oxygen atoms in total. The van der Waals surface area contributed by atoms with Crippen molar-refractivity contribution < 1.29 is 0 Å². The van der Waals surface area contributed by atoms with Gasteiger partial charge in [-0.1, -0.05) is 12.1 Å². The number of rotatable bonds is 0. The quantitative estimate of drug-likeness (QED) is 0.723. The molecule has 1 aliphatic heterocycles. The summed E-state index contributed by atoms with van der Waals surface area (Å²) in [5, 5.41) is 0. The second-order valence-corrected chi connectivity index (χ2v) is 7.01. The fourth-order valence-corrected chi connectivity index (χ4v) is 3.37. The van der Waals surface area contributed by atoms with E-state index in [2.05, 4.69) is 88.0 Å². The Hall–Kier alpha value is -1.78. The smallest absolute Gasteiger partial charge is 0.0576 e. The zero-order chi connectivity index (χ0) is 17.4. The molecule has 0 fully saturated rings. The summed E-state index contributed by atoms with van der Waals surface area (Å²) in [6.07, 6.45) is 0. The molecule has 0 spiro atoms. The SMILES string of the molecule is CC1c2cccc(n2)C(C)N(C)C(C)c2cccc(n2)C(C)N1C. The molecule has 2 aromatic rings. The van der Waals surface area contributed by atoms with Crippen LogP contribution in [0.4, 0.5) is 0 Å². The lowest BCUT2D eigenvalue weighted by atomic mass is 10.0. The third-order valence-corrected chi connectivity index (χ3v) is 5.74. The molecule has 4 atom stereocenters. The van der Waals surface area contributed by atoms with E-state index in [1.165, 1.54) is 0 Å². The number of hydrogen-bond donors (Lipinski definition) is 0. The van der Waals surface area contributed by atoms with Crippen LogP contribution >= 0.6 is 0 Å². The molecule has 4 heteroatoms. The highest BCUT2D eigenvalue weighted by Crippen LogP contribution is 2.32. The van der Waals surface area contributed by atoms with Gasteiger partial charge in [0.2, 0.25) is 0 Å².